The molecule has 1 fully saturated rings. The van der Waals surface area contributed by atoms with E-state index in [1.807, 2.05) is 19.2 Å². The molecule has 1 unspecified atom stereocenters. The van der Waals surface area contributed by atoms with Crippen LogP contribution in [0.1, 0.15) is 58.2 Å². The number of hydrogen-bond donors (Lipinski definition) is 0. The number of carbonyl (C=O) groups excluding carboxylic acids is 1. The molecule has 0 N–H and O–H groups in total. The van der Waals surface area contributed by atoms with E-state index in [0.29, 0.717) is 24.2 Å². The standard InChI is InChI=1S/C15H24N2O/c1-11(2)12(3)15(18)10-13-8-9-17(16-13)14-6-4-5-7-14/h8-9,11-12,14H,4-7,10H2,1-3H3. The Labute approximate surface area is 110 Å². The van der Waals surface area contributed by atoms with Gasteiger partial charge in [0.15, 0.2) is 0 Å². The number of carbonyl (C=O) groups is 1. The summed E-state index contributed by atoms with van der Waals surface area (Å²) in [5, 5.41) is 4.57. The number of hydrogen-bond acceptors (Lipinski definition) is 2. The van der Waals surface area contributed by atoms with Crippen LogP contribution in [0.25, 0.3) is 0 Å². The fraction of sp³-hybridized carbons (Fsp3) is 0.733. The van der Waals surface area contributed by atoms with E-state index in [1.165, 1.54) is 25.7 Å². The summed E-state index contributed by atoms with van der Waals surface area (Å²) in [5.41, 5.74) is 0.930. The van der Waals surface area contributed by atoms with Crippen LogP contribution in [0, 0.1) is 11.8 Å². The van der Waals surface area contributed by atoms with Crippen LogP contribution in [-0.4, -0.2) is 15.6 Å². The number of aromatic nitrogens is 2. The highest BCUT2D eigenvalue weighted by molar-refractivity contribution is 5.82. The summed E-state index contributed by atoms with van der Waals surface area (Å²) < 4.78 is 2.07. The van der Waals surface area contributed by atoms with Gasteiger partial charge in [0.05, 0.1) is 18.2 Å². The minimum atomic E-state index is 0.127. The van der Waals surface area contributed by atoms with Crippen molar-refractivity contribution < 1.29 is 4.79 Å². The van der Waals surface area contributed by atoms with Crippen LogP contribution in [-0.2, 0) is 11.2 Å². The molecule has 1 atom stereocenters. The van der Waals surface area contributed by atoms with Gasteiger partial charge in [-0.15, -0.1) is 0 Å². The molecular weight excluding hydrogens is 224 g/mol. The Hall–Kier alpha value is -1.12. The third-order valence-corrected chi connectivity index (χ3v) is 4.23. The van der Waals surface area contributed by atoms with Gasteiger partial charge < -0.3 is 0 Å². The van der Waals surface area contributed by atoms with E-state index in [9.17, 15) is 4.79 Å². The third-order valence-electron chi connectivity index (χ3n) is 4.23. The van der Waals surface area contributed by atoms with Crippen molar-refractivity contribution in [3.8, 4) is 0 Å². The first-order valence-electron chi connectivity index (χ1n) is 7.14. The second-order valence-corrected chi connectivity index (χ2v) is 5.90. The van der Waals surface area contributed by atoms with E-state index in [-0.39, 0.29) is 5.92 Å². The van der Waals surface area contributed by atoms with Gasteiger partial charge >= 0.3 is 0 Å². The maximum absolute atomic E-state index is 12.0. The van der Waals surface area contributed by atoms with Crippen molar-refractivity contribution in [1.82, 2.24) is 9.78 Å². The molecular formula is C15H24N2O. The van der Waals surface area contributed by atoms with Crippen LogP contribution in [0.5, 0.6) is 0 Å². The van der Waals surface area contributed by atoms with E-state index in [4.69, 9.17) is 0 Å². The molecule has 0 bridgehead atoms. The lowest BCUT2D eigenvalue weighted by atomic mass is 9.91. The summed E-state index contributed by atoms with van der Waals surface area (Å²) in [6.07, 6.45) is 7.61. The Kier molecular flexibility index (Phi) is 4.20. The molecule has 0 radical (unpaired) electrons. The molecule has 1 saturated carbocycles. The maximum atomic E-state index is 12.0. The molecule has 0 amide bonds. The van der Waals surface area contributed by atoms with Gasteiger partial charge in [-0.25, -0.2) is 0 Å². The first kappa shape index (κ1) is 13.3. The summed E-state index contributed by atoms with van der Waals surface area (Å²) >= 11 is 0. The van der Waals surface area contributed by atoms with Gasteiger partial charge in [-0.05, 0) is 24.8 Å². The largest absolute Gasteiger partial charge is 0.299 e. The Morgan fingerprint density at radius 2 is 2.06 bits per heavy atom. The van der Waals surface area contributed by atoms with E-state index < -0.39 is 0 Å². The second-order valence-electron chi connectivity index (χ2n) is 5.90. The first-order valence-corrected chi connectivity index (χ1v) is 7.14. The van der Waals surface area contributed by atoms with Crippen LogP contribution >= 0.6 is 0 Å². The van der Waals surface area contributed by atoms with Crippen LogP contribution in [0.15, 0.2) is 12.3 Å². The summed E-state index contributed by atoms with van der Waals surface area (Å²) in [6.45, 7) is 6.21. The van der Waals surface area contributed by atoms with Crippen molar-refractivity contribution in [3.05, 3.63) is 18.0 Å². The molecule has 0 aliphatic heterocycles. The number of ketones is 1. The van der Waals surface area contributed by atoms with Crippen molar-refractivity contribution in [2.75, 3.05) is 0 Å². The molecule has 100 valence electrons. The average molecular weight is 248 g/mol. The van der Waals surface area contributed by atoms with E-state index in [1.54, 1.807) is 0 Å². The lowest BCUT2D eigenvalue weighted by Crippen LogP contribution is -2.19. The Balaban J connectivity index is 1.96. The van der Waals surface area contributed by atoms with Gasteiger partial charge in [-0.1, -0.05) is 33.6 Å². The van der Waals surface area contributed by atoms with Crippen LogP contribution in [0.3, 0.4) is 0 Å². The monoisotopic (exact) mass is 248 g/mol. The van der Waals surface area contributed by atoms with Crippen molar-refractivity contribution >= 4 is 5.78 Å². The fourth-order valence-corrected chi connectivity index (χ4v) is 2.56. The highest BCUT2D eigenvalue weighted by atomic mass is 16.1. The number of rotatable bonds is 5. The van der Waals surface area contributed by atoms with Crippen molar-refractivity contribution in [2.45, 2.75) is 58.9 Å². The zero-order valence-electron chi connectivity index (χ0n) is 11.7. The molecule has 1 aromatic rings. The molecule has 0 aromatic carbocycles. The Morgan fingerprint density at radius 3 is 2.67 bits per heavy atom. The van der Waals surface area contributed by atoms with Gasteiger partial charge in [0.2, 0.25) is 0 Å². The smallest absolute Gasteiger partial charge is 0.141 e. The van der Waals surface area contributed by atoms with Crippen molar-refractivity contribution in [1.29, 1.82) is 0 Å². The highest BCUT2D eigenvalue weighted by Gasteiger charge is 2.20. The highest BCUT2D eigenvalue weighted by Crippen LogP contribution is 2.28. The predicted octanol–water partition coefficient (Wildman–Crippen LogP) is 3.40. The quantitative estimate of drug-likeness (QED) is 0.800. The van der Waals surface area contributed by atoms with E-state index >= 15 is 0 Å². The SMILES string of the molecule is CC(C)C(C)C(=O)Cc1ccn(C2CCCC2)n1. The molecule has 3 nitrogen and oxygen atoms in total. The molecule has 2 rings (SSSR count). The molecule has 1 aliphatic rings. The molecule has 3 heteroatoms. The third kappa shape index (κ3) is 3.01. The van der Waals surface area contributed by atoms with E-state index in [0.717, 1.165) is 5.69 Å². The molecule has 1 aromatic heterocycles. The van der Waals surface area contributed by atoms with Crippen LogP contribution in [0.2, 0.25) is 0 Å². The average Bonchev–Trinajstić information content (AvgIpc) is 2.96. The normalized spacial score (nSPS) is 18.4. The molecule has 0 spiro atoms. The predicted molar refractivity (Wildman–Crippen MR) is 72.4 cm³/mol. The first-order chi connectivity index (χ1) is 8.58. The Morgan fingerprint density at radius 1 is 1.39 bits per heavy atom. The number of nitrogens with zero attached hydrogens (tertiary/aromatic N) is 2. The van der Waals surface area contributed by atoms with Crippen molar-refractivity contribution in [2.24, 2.45) is 11.8 Å². The second kappa shape index (κ2) is 5.68. The summed E-state index contributed by atoms with van der Waals surface area (Å²) in [4.78, 5) is 12.0. The van der Waals surface area contributed by atoms with E-state index in [2.05, 4.69) is 23.6 Å². The van der Waals surface area contributed by atoms with Gasteiger partial charge in [-0.3, -0.25) is 9.48 Å². The van der Waals surface area contributed by atoms with Crippen LogP contribution in [0.4, 0.5) is 0 Å². The number of Topliss-reactive ketones (excluding diaryl/α,β-unsaturated/α-hetero) is 1. The van der Waals surface area contributed by atoms with Gasteiger partial charge in [0.25, 0.3) is 0 Å². The summed E-state index contributed by atoms with van der Waals surface area (Å²) in [5.74, 6) is 0.845. The summed E-state index contributed by atoms with van der Waals surface area (Å²) in [6, 6.07) is 2.57. The van der Waals surface area contributed by atoms with Gasteiger partial charge in [0.1, 0.15) is 5.78 Å². The van der Waals surface area contributed by atoms with Crippen LogP contribution < -0.4 is 0 Å². The fourth-order valence-electron chi connectivity index (χ4n) is 2.56. The van der Waals surface area contributed by atoms with Crippen molar-refractivity contribution in [3.63, 3.8) is 0 Å². The minimum absolute atomic E-state index is 0.127. The van der Waals surface area contributed by atoms with Gasteiger partial charge in [0, 0.05) is 12.1 Å². The topological polar surface area (TPSA) is 34.9 Å². The van der Waals surface area contributed by atoms with Gasteiger partial charge in [-0.2, -0.15) is 5.10 Å². The molecule has 18 heavy (non-hydrogen) atoms. The zero-order valence-corrected chi connectivity index (χ0v) is 11.7. The molecule has 1 aliphatic carbocycles. The minimum Gasteiger partial charge on any atom is -0.299 e. The molecule has 1 heterocycles. The molecule has 0 saturated heterocycles. The lowest BCUT2D eigenvalue weighted by Gasteiger charge is -2.13. The zero-order chi connectivity index (χ0) is 13.1. The maximum Gasteiger partial charge on any atom is 0.141 e. The summed E-state index contributed by atoms with van der Waals surface area (Å²) in [7, 11) is 0. The lowest BCUT2D eigenvalue weighted by molar-refractivity contribution is -0.122. The Bertz CT molecular complexity index is 402.